The third kappa shape index (κ3) is 4.60. The third-order valence-electron chi connectivity index (χ3n) is 8.40. The van der Waals surface area contributed by atoms with Gasteiger partial charge in [-0.25, -0.2) is 14.1 Å². The molecule has 0 radical (unpaired) electrons. The first-order valence-corrected chi connectivity index (χ1v) is 12.9. The van der Waals surface area contributed by atoms with Crippen molar-refractivity contribution in [2.45, 2.75) is 51.6 Å². The van der Waals surface area contributed by atoms with Crippen LogP contribution >= 0.6 is 0 Å². The molecule has 7 heteroatoms. The fourth-order valence-corrected chi connectivity index (χ4v) is 6.46. The van der Waals surface area contributed by atoms with Crippen LogP contribution in [-0.2, 0) is 6.42 Å². The Morgan fingerprint density at radius 1 is 1.00 bits per heavy atom. The summed E-state index contributed by atoms with van der Waals surface area (Å²) in [4.78, 5) is 32.2. The molecule has 0 bridgehead atoms. The van der Waals surface area contributed by atoms with Gasteiger partial charge in [-0.05, 0) is 67.3 Å². The summed E-state index contributed by atoms with van der Waals surface area (Å²) in [5, 5.41) is 9.04. The van der Waals surface area contributed by atoms with Gasteiger partial charge in [-0.3, -0.25) is 4.98 Å². The van der Waals surface area contributed by atoms with Gasteiger partial charge in [0.05, 0.1) is 18.7 Å². The molecular weight excluding hydrogens is 466 g/mol. The van der Waals surface area contributed by atoms with Crippen molar-refractivity contribution in [2.75, 3.05) is 25.0 Å². The number of rotatable bonds is 5. The van der Waals surface area contributed by atoms with Crippen LogP contribution in [0.15, 0.2) is 60.9 Å². The molecule has 0 saturated carbocycles. The molecule has 2 aromatic carbocycles. The molecule has 1 saturated heterocycles. The molecule has 37 heavy (non-hydrogen) atoms. The molecule has 2 aliphatic rings. The number of hydrogen-bond acceptors (Lipinski definition) is 5. The number of carbonyl (C=O) groups excluding carboxylic acids is 1. The van der Waals surface area contributed by atoms with E-state index >= 15 is 0 Å². The molecule has 1 N–H and O–H groups in total. The van der Waals surface area contributed by atoms with E-state index in [9.17, 15) is 9.59 Å². The molecule has 1 aliphatic carbocycles. The van der Waals surface area contributed by atoms with Gasteiger partial charge in [0, 0.05) is 56.0 Å². The van der Waals surface area contributed by atoms with Gasteiger partial charge in [-0.2, -0.15) is 0 Å². The van der Waals surface area contributed by atoms with Crippen molar-refractivity contribution < 1.29 is 23.9 Å². The molecule has 2 heterocycles. The third-order valence-corrected chi connectivity index (χ3v) is 8.40. The first kappa shape index (κ1) is 25.0. The Kier molecular flexibility index (Phi) is 6.73. The summed E-state index contributed by atoms with van der Waals surface area (Å²) >= 11 is 0. The summed E-state index contributed by atoms with van der Waals surface area (Å²) in [5.41, 5.74) is 6.19. The summed E-state index contributed by atoms with van der Waals surface area (Å²) in [6.45, 7) is 5.81. The lowest BCUT2D eigenvalue weighted by Crippen LogP contribution is -2.61. The number of carboxylic acid groups (broad SMARTS) is 1. The van der Waals surface area contributed by atoms with Crippen molar-refractivity contribution in [1.29, 1.82) is 0 Å². The number of nitrogens with zero attached hydrogens (tertiary/aromatic N) is 3. The first-order valence-electron chi connectivity index (χ1n) is 12.9. The maximum absolute atomic E-state index is 14.6. The maximum Gasteiger partial charge on any atom is 0.511 e. The van der Waals surface area contributed by atoms with Gasteiger partial charge in [0.15, 0.2) is 0 Å². The SMILES string of the molecule is Cc1cccc(C)c1C(=O)[N+](C)(C1CCN(c2ccncc2)CC1)C1CCc2cc(OC(=O)O)ccc21. The largest absolute Gasteiger partial charge is 0.511 e. The molecule has 1 amide bonds. The Balaban J connectivity index is 1.52. The van der Waals surface area contributed by atoms with Crippen molar-refractivity contribution in [1.82, 2.24) is 4.98 Å². The molecule has 2 atom stereocenters. The van der Waals surface area contributed by atoms with Crippen LogP contribution in [0, 0.1) is 13.8 Å². The number of quaternary nitrogens is 1. The number of pyridine rings is 1. The topological polar surface area (TPSA) is 79.7 Å². The second-order valence-corrected chi connectivity index (χ2v) is 10.4. The molecule has 7 nitrogen and oxygen atoms in total. The second-order valence-electron chi connectivity index (χ2n) is 10.4. The van der Waals surface area contributed by atoms with Crippen LogP contribution < -0.4 is 9.64 Å². The highest BCUT2D eigenvalue weighted by Gasteiger charge is 2.51. The van der Waals surface area contributed by atoms with E-state index in [4.69, 9.17) is 9.84 Å². The molecule has 1 aliphatic heterocycles. The van der Waals surface area contributed by atoms with Crippen molar-refractivity contribution >= 4 is 17.7 Å². The van der Waals surface area contributed by atoms with E-state index in [0.29, 0.717) is 10.2 Å². The van der Waals surface area contributed by atoms with Crippen LogP contribution in [0.1, 0.15) is 57.9 Å². The fourth-order valence-electron chi connectivity index (χ4n) is 6.46. The van der Waals surface area contributed by atoms with E-state index in [2.05, 4.69) is 16.9 Å². The van der Waals surface area contributed by atoms with E-state index in [1.54, 1.807) is 6.07 Å². The van der Waals surface area contributed by atoms with Crippen molar-refractivity contribution in [2.24, 2.45) is 0 Å². The number of amides is 1. The van der Waals surface area contributed by atoms with Gasteiger partial charge in [0.2, 0.25) is 0 Å². The Labute approximate surface area is 217 Å². The number of hydrogen-bond donors (Lipinski definition) is 1. The average molecular weight is 501 g/mol. The van der Waals surface area contributed by atoms with Crippen LogP contribution in [-0.4, -0.2) is 52.8 Å². The standard InChI is InChI=1S/C30H33N3O4/c1-20-5-4-6-21(2)28(20)29(34)33(3,24-13-17-32(18-14-24)23-11-15-31-16-12-23)27-10-7-22-19-25(37-30(35)36)8-9-26(22)27/h4-6,8-9,11-12,15-16,19,24,27H,7,10,13-14,17-18H2,1-3H3/p+1. The molecule has 1 aromatic heterocycles. The highest BCUT2D eigenvalue weighted by atomic mass is 16.7. The van der Waals surface area contributed by atoms with Gasteiger partial charge < -0.3 is 14.7 Å². The normalized spacial score (nSPS) is 19.2. The number of aryl methyl sites for hydroxylation is 3. The summed E-state index contributed by atoms with van der Waals surface area (Å²) in [5.74, 6) is 0.495. The zero-order valence-electron chi connectivity index (χ0n) is 21.7. The van der Waals surface area contributed by atoms with E-state index in [1.807, 2.05) is 68.7 Å². The van der Waals surface area contributed by atoms with Crippen molar-refractivity contribution in [3.63, 3.8) is 0 Å². The Hall–Kier alpha value is -3.71. The van der Waals surface area contributed by atoms with Crippen LogP contribution in [0.2, 0.25) is 0 Å². The highest BCUT2D eigenvalue weighted by Crippen LogP contribution is 2.45. The molecular formula is C30H34N3O4+. The predicted octanol–water partition coefficient (Wildman–Crippen LogP) is 5.70. The monoisotopic (exact) mass is 500 g/mol. The minimum Gasteiger partial charge on any atom is -0.449 e. The van der Waals surface area contributed by atoms with E-state index < -0.39 is 6.16 Å². The number of ether oxygens (including phenoxy) is 1. The second kappa shape index (κ2) is 9.98. The maximum atomic E-state index is 14.6. The Morgan fingerprint density at radius 2 is 1.68 bits per heavy atom. The Bertz CT molecular complexity index is 1300. The van der Waals surface area contributed by atoms with Gasteiger partial charge in [0.1, 0.15) is 11.8 Å². The highest BCUT2D eigenvalue weighted by molar-refractivity contribution is 5.92. The van der Waals surface area contributed by atoms with Gasteiger partial charge in [-0.1, -0.05) is 18.2 Å². The van der Waals surface area contributed by atoms with Crippen molar-refractivity contribution in [3.05, 3.63) is 88.7 Å². The zero-order chi connectivity index (χ0) is 26.2. The number of anilines is 1. The fraction of sp³-hybridized carbons (Fsp3) is 0.367. The lowest BCUT2D eigenvalue weighted by molar-refractivity contribution is -0.887. The van der Waals surface area contributed by atoms with Crippen LogP contribution in [0.4, 0.5) is 10.5 Å². The van der Waals surface area contributed by atoms with E-state index in [-0.39, 0.29) is 18.0 Å². The van der Waals surface area contributed by atoms with Crippen LogP contribution in [0.3, 0.4) is 0 Å². The summed E-state index contributed by atoms with van der Waals surface area (Å²) in [6.07, 6.45) is 5.77. The number of fused-ring (bicyclic) bond motifs is 1. The molecule has 0 spiro atoms. The minimum absolute atomic E-state index is 0.00198. The number of benzene rings is 2. The number of piperidine rings is 1. The van der Waals surface area contributed by atoms with Gasteiger partial charge >= 0.3 is 12.1 Å². The quantitative estimate of drug-likeness (QED) is 0.275. The predicted molar refractivity (Wildman–Crippen MR) is 142 cm³/mol. The molecule has 3 aromatic rings. The zero-order valence-corrected chi connectivity index (χ0v) is 21.7. The smallest absolute Gasteiger partial charge is 0.449 e. The molecule has 2 unspecified atom stereocenters. The van der Waals surface area contributed by atoms with E-state index in [0.717, 1.165) is 66.6 Å². The van der Waals surface area contributed by atoms with Crippen LogP contribution in [0.25, 0.3) is 0 Å². The average Bonchev–Trinajstić information content (AvgIpc) is 3.32. The molecule has 1 fully saturated rings. The van der Waals surface area contributed by atoms with Gasteiger partial charge in [-0.15, -0.1) is 0 Å². The summed E-state index contributed by atoms with van der Waals surface area (Å²) in [7, 11) is 2.13. The van der Waals surface area contributed by atoms with E-state index in [1.165, 1.54) is 5.69 Å². The summed E-state index contributed by atoms with van der Waals surface area (Å²) < 4.78 is 5.23. The number of carbonyl (C=O) groups is 2. The van der Waals surface area contributed by atoms with Gasteiger partial charge in [0.25, 0.3) is 0 Å². The minimum atomic E-state index is -1.32. The van der Waals surface area contributed by atoms with Crippen LogP contribution in [0.5, 0.6) is 5.75 Å². The van der Waals surface area contributed by atoms with Crippen molar-refractivity contribution in [3.8, 4) is 5.75 Å². The number of aromatic nitrogens is 1. The Morgan fingerprint density at radius 3 is 2.32 bits per heavy atom. The lowest BCUT2D eigenvalue weighted by Gasteiger charge is -2.47. The first-order chi connectivity index (χ1) is 17.8. The molecule has 5 rings (SSSR count). The summed E-state index contributed by atoms with van der Waals surface area (Å²) in [6, 6.07) is 15.8. The molecule has 192 valence electrons. The lowest BCUT2D eigenvalue weighted by atomic mass is 9.91.